The van der Waals surface area contributed by atoms with Crippen LogP contribution in [0.5, 0.6) is 0 Å². The van der Waals surface area contributed by atoms with Crippen molar-refractivity contribution in [1.82, 2.24) is 24.9 Å². The first-order valence-corrected chi connectivity index (χ1v) is 8.81. The molecule has 4 aromatic heterocycles. The molecule has 0 bridgehead atoms. The summed E-state index contributed by atoms with van der Waals surface area (Å²) in [4.78, 5) is 21.1. The lowest BCUT2D eigenvalue weighted by molar-refractivity contribution is 1.18. The maximum absolute atomic E-state index is 4.64. The number of aromatic nitrogens is 5. The van der Waals surface area contributed by atoms with Crippen LogP contribution >= 0.6 is 0 Å². The van der Waals surface area contributed by atoms with Gasteiger partial charge < -0.3 is 4.98 Å². The number of fused-ring (bicyclic) bond motifs is 2. The highest BCUT2D eigenvalue weighted by molar-refractivity contribution is 5.97. The molecule has 27 heavy (non-hydrogen) atoms. The molecule has 0 aliphatic carbocycles. The monoisotopic (exact) mass is 351 g/mol. The Kier molecular flexibility index (Phi) is 3.47. The van der Waals surface area contributed by atoms with Crippen molar-refractivity contribution in [2.45, 2.75) is 13.8 Å². The summed E-state index contributed by atoms with van der Waals surface area (Å²) in [6, 6.07) is 10.4. The van der Waals surface area contributed by atoms with Crippen LogP contribution in [0.2, 0.25) is 0 Å². The van der Waals surface area contributed by atoms with Gasteiger partial charge in [-0.1, -0.05) is 6.07 Å². The molecular weight excluding hydrogens is 334 g/mol. The average molecular weight is 351 g/mol. The van der Waals surface area contributed by atoms with Crippen LogP contribution in [0, 0.1) is 13.8 Å². The van der Waals surface area contributed by atoms with Crippen LogP contribution in [-0.2, 0) is 0 Å². The SMILES string of the molecule is Cc1ccnc(C)c1-c1cnc2[nH]cc(-c3ccc4nccnc4c3)c2c1. The van der Waals surface area contributed by atoms with Crippen LogP contribution in [0.3, 0.4) is 0 Å². The van der Waals surface area contributed by atoms with Gasteiger partial charge >= 0.3 is 0 Å². The Labute approximate surface area is 156 Å². The summed E-state index contributed by atoms with van der Waals surface area (Å²) < 4.78 is 0. The third-order valence-electron chi connectivity index (χ3n) is 4.95. The first-order chi connectivity index (χ1) is 13.2. The molecule has 5 nitrogen and oxygen atoms in total. The molecule has 0 aliphatic heterocycles. The Hall–Kier alpha value is -3.60. The summed E-state index contributed by atoms with van der Waals surface area (Å²) in [5, 5.41) is 1.08. The number of hydrogen-bond donors (Lipinski definition) is 1. The third-order valence-corrected chi connectivity index (χ3v) is 4.95. The minimum absolute atomic E-state index is 0.868. The molecule has 0 atom stereocenters. The first-order valence-electron chi connectivity index (χ1n) is 8.81. The van der Waals surface area contributed by atoms with Gasteiger partial charge in [0.15, 0.2) is 0 Å². The number of pyridine rings is 2. The van der Waals surface area contributed by atoms with E-state index < -0.39 is 0 Å². The molecule has 0 saturated carbocycles. The molecule has 5 heteroatoms. The maximum Gasteiger partial charge on any atom is 0.137 e. The zero-order valence-corrected chi connectivity index (χ0v) is 15.1. The molecule has 1 aromatic carbocycles. The lowest BCUT2D eigenvalue weighted by Gasteiger charge is -2.09. The second kappa shape index (κ2) is 5.99. The number of benzene rings is 1. The number of nitrogens with zero attached hydrogens (tertiary/aromatic N) is 4. The minimum Gasteiger partial charge on any atom is -0.346 e. The number of nitrogens with one attached hydrogen (secondary N) is 1. The Balaban J connectivity index is 1.71. The predicted octanol–water partition coefficient (Wildman–Crippen LogP) is 4.85. The van der Waals surface area contributed by atoms with Gasteiger partial charge in [-0.25, -0.2) is 4.98 Å². The summed E-state index contributed by atoms with van der Waals surface area (Å²) in [6.45, 7) is 4.14. The van der Waals surface area contributed by atoms with E-state index in [2.05, 4.69) is 50.0 Å². The first kappa shape index (κ1) is 15.6. The highest BCUT2D eigenvalue weighted by atomic mass is 14.8. The number of hydrogen-bond acceptors (Lipinski definition) is 4. The van der Waals surface area contributed by atoms with Crippen molar-refractivity contribution in [3.8, 4) is 22.3 Å². The van der Waals surface area contributed by atoms with E-state index in [9.17, 15) is 0 Å². The van der Waals surface area contributed by atoms with Gasteiger partial charge in [-0.05, 0) is 49.2 Å². The molecule has 5 aromatic rings. The molecular formula is C22H17N5. The molecule has 130 valence electrons. The smallest absolute Gasteiger partial charge is 0.137 e. The molecule has 0 radical (unpaired) electrons. The molecule has 4 heterocycles. The van der Waals surface area contributed by atoms with E-state index >= 15 is 0 Å². The molecule has 1 N–H and O–H groups in total. The van der Waals surface area contributed by atoms with E-state index in [-0.39, 0.29) is 0 Å². The molecule has 0 fully saturated rings. The summed E-state index contributed by atoms with van der Waals surface area (Å²) in [5.41, 5.74) is 9.26. The van der Waals surface area contributed by atoms with Gasteiger partial charge in [0.1, 0.15) is 5.65 Å². The van der Waals surface area contributed by atoms with Gasteiger partial charge in [0.2, 0.25) is 0 Å². The largest absolute Gasteiger partial charge is 0.346 e. The van der Waals surface area contributed by atoms with Gasteiger partial charge in [0, 0.05) is 58.8 Å². The summed E-state index contributed by atoms with van der Waals surface area (Å²) >= 11 is 0. The maximum atomic E-state index is 4.64. The van der Waals surface area contributed by atoms with Crippen LogP contribution in [0.25, 0.3) is 44.3 Å². The Morgan fingerprint density at radius 2 is 1.63 bits per heavy atom. The van der Waals surface area contributed by atoms with E-state index in [1.807, 2.05) is 37.6 Å². The summed E-state index contributed by atoms with van der Waals surface area (Å²) in [5.74, 6) is 0. The van der Waals surface area contributed by atoms with Crippen LogP contribution in [0.4, 0.5) is 0 Å². The minimum atomic E-state index is 0.868. The zero-order valence-electron chi connectivity index (χ0n) is 15.1. The second-order valence-corrected chi connectivity index (χ2v) is 6.67. The van der Waals surface area contributed by atoms with Gasteiger partial charge in [0.25, 0.3) is 0 Å². The molecule has 0 unspecified atom stereocenters. The Morgan fingerprint density at radius 3 is 2.48 bits per heavy atom. The highest BCUT2D eigenvalue weighted by Crippen LogP contribution is 2.33. The van der Waals surface area contributed by atoms with Crippen molar-refractivity contribution in [2.24, 2.45) is 0 Å². The average Bonchev–Trinajstić information content (AvgIpc) is 3.11. The molecule has 0 amide bonds. The third kappa shape index (κ3) is 2.56. The van der Waals surface area contributed by atoms with Crippen LogP contribution in [-0.4, -0.2) is 24.9 Å². The van der Waals surface area contributed by atoms with Crippen molar-refractivity contribution < 1.29 is 0 Å². The van der Waals surface area contributed by atoms with Gasteiger partial charge in [-0.15, -0.1) is 0 Å². The fourth-order valence-corrected chi connectivity index (χ4v) is 3.64. The van der Waals surface area contributed by atoms with Crippen LogP contribution in [0.1, 0.15) is 11.3 Å². The topological polar surface area (TPSA) is 67.3 Å². The number of aromatic amines is 1. The predicted molar refractivity (Wildman–Crippen MR) is 107 cm³/mol. The van der Waals surface area contributed by atoms with Gasteiger partial charge in [-0.2, -0.15) is 0 Å². The molecule has 0 aliphatic rings. The summed E-state index contributed by atoms with van der Waals surface area (Å²) in [6.07, 6.45) is 9.18. The van der Waals surface area contributed by atoms with E-state index in [1.165, 1.54) is 5.56 Å². The van der Waals surface area contributed by atoms with E-state index in [4.69, 9.17) is 0 Å². The van der Waals surface area contributed by atoms with Gasteiger partial charge in [-0.3, -0.25) is 15.0 Å². The molecule has 5 rings (SSSR count). The molecule has 0 spiro atoms. The van der Waals surface area contributed by atoms with Crippen molar-refractivity contribution >= 4 is 22.1 Å². The van der Waals surface area contributed by atoms with Crippen LogP contribution < -0.4 is 0 Å². The fraction of sp³-hybridized carbons (Fsp3) is 0.0909. The standard InChI is InChI=1S/C22H17N5/c1-13-5-6-23-14(2)21(13)16-9-17-18(12-27-22(17)26-11-16)15-3-4-19-20(10-15)25-8-7-24-19/h3-12H,1-2H3,(H,26,27). The second-order valence-electron chi connectivity index (χ2n) is 6.67. The number of rotatable bonds is 2. The van der Waals surface area contributed by atoms with Crippen molar-refractivity contribution in [3.05, 3.63) is 72.6 Å². The lowest BCUT2D eigenvalue weighted by Crippen LogP contribution is -1.92. The number of aryl methyl sites for hydroxylation is 2. The Morgan fingerprint density at radius 1 is 0.778 bits per heavy atom. The number of H-pyrrole nitrogens is 1. The van der Waals surface area contributed by atoms with E-state index in [0.29, 0.717) is 0 Å². The highest BCUT2D eigenvalue weighted by Gasteiger charge is 2.12. The van der Waals surface area contributed by atoms with E-state index in [1.54, 1.807) is 12.4 Å². The van der Waals surface area contributed by atoms with Crippen molar-refractivity contribution in [3.63, 3.8) is 0 Å². The zero-order chi connectivity index (χ0) is 18.4. The van der Waals surface area contributed by atoms with Crippen molar-refractivity contribution in [2.75, 3.05) is 0 Å². The van der Waals surface area contributed by atoms with Crippen molar-refractivity contribution in [1.29, 1.82) is 0 Å². The quantitative estimate of drug-likeness (QED) is 0.493. The Bertz CT molecular complexity index is 1280. The molecule has 0 saturated heterocycles. The van der Waals surface area contributed by atoms with Crippen LogP contribution in [0.15, 0.2) is 61.3 Å². The normalized spacial score (nSPS) is 11.3. The van der Waals surface area contributed by atoms with E-state index in [0.717, 1.165) is 50.0 Å². The lowest BCUT2D eigenvalue weighted by atomic mass is 9.98. The summed E-state index contributed by atoms with van der Waals surface area (Å²) in [7, 11) is 0. The fourth-order valence-electron chi connectivity index (χ4n) is 3.64. The van der Waals surface area contributed by atoms with Gasteiger partial charge in [0.05, 0.1) is 11.0 Å².